The smallest absolute Gasteiger partial charge is 0.259 e. The van der Waals surface area contributed by atoms with Gasteiger partial charge < -0.3 is 4.90 Å². The highest BCUT2D eigenvalue weighted by Crippen LogP contribution is 2.21. The Morgan fingerprint density at radius 1 is 1.36 bits per heavy atom. The molecule has 9 heteroatoms. The van der Waals surface area contributed by atoms with E-state index in [9.17, 15) is 9.18 Å². The number of rotatable bonds is 5. The summed E-state index contributed by atoms with van der Waals surface area (Å²) in [5.74, 6) is 0.116. The summed E-state index contributed by atoms with van der Waals surface area (Å²) in [6, 6.07) is 8.01. The number of amides is 1. The average molecular weight is 422 g/mol. The molecule has 0 saturated heterocycles. The molecule has 3 rings (SSSR count). The van der Waals surface area contributed by atoms with Crippen molar-refractivity contribution >= 4 is 44.1 Å². The molecule has 0 saturated carbocycles. The molecule has 0 fully saturated rings. The zero-order valence-corrected chi connectivity index (χ0v) is 15.5. The Bertz CT molecular complexity index is 873. The van der Waals surface area contributed by atoms with Gasteiger partial charge in [-0.25, -0.2) is 9.37 Å². The van der Waals surface area contributed by atoms with Gasteiger partial charge in [0.2, 0.25) is 5.13 Å². The molecule has 6 nitrogen and oxygen atoms in total. The molecule has 1 N–H and O–H groups in total. The highest BCUT2D eigenvalue weighted by Gasteiger charge is 2.11. The maximum absolute atomic E-state index is 13.2. The minimum Gasteiger partial charge on any atom is -0.355 e. The summed E-state index contributed by atoms with van der Waals surface area (Å²) in [6.07, 6.45) is 1.50. The minimum absolute atomic E-state index is 0.290. The first kappa shape index (κ1) is 17.4. The van der Waals surface area contributed by atoms with Crippen molar-refractivity contribution in [3.05, 3.63) is 63.5 Å². The van der Waals surface area contributed by atoms with Gasteiger partial charge in [0.05, 0.1) is 5.56 Å². The number of halogens is 2. The number of hydrogen-bond donors (Lipinski definition) is 1. The first-order valence-electron chi connectivity index (χ1n) is 7.21. The number of benzene rings is 1. The molecule has 2 heterocycles. The highest BCUT2D eigenvalue weighted by atomic mass is 79.9. The van der Waals surface area contributed by atoms with Gasteiger partial charge in [-0.05, 0) is 29.8 Å². The van der Waals surface area contributed by atoms with Crippen molar-refractivity contribution < 1.29 is 9.18 Å². The number of carbonyl (C=O) groups excluding carboxylic acids is 1. The van der Waals surface area contributed by atoms with Crippen LogP contribution in [0.1, 0.15) is 15.9 Å². The lowest BCUT2D eigenvalue weighted by molar-refractivity contribution is 0.102. The standard InChI is InChI=1S/C16H13BrFN5OS/c1-23(8-11-2-4-12(18)6-13(11)17)14-5-3-10(7-19-14)15(24)21-16-22-20-9-25-16/h2-7,9H,8H2,1H3,(H,21,22,24). The third kappa shape index (κ3) is 4.37. The molecule has 2 aromatic heterocycles. The van der Waals surface area contributed by atoms with E-state index in [1.807, 2.05) is 11.9 Å². The third-order valence-electron chi connectivity index (χ3n) is 3.40. The number of anilines is 2. The lowest BCUT2D eigenvalue weighted by Gasteiger charge is -2.19. The highest BCUT2D eigenvalue weighted by molar-refractivity contribution is 9.10. The molecule has 0 spiro atoms. The molecule has 25 heavy (non-hydrogen) atoms. The maximum Gasteiger partial charge on any atom is 0.259 e. The molecule has 0 aliphatic rings. The van der Waals surface area contributed by atoms with Crippen LogP contribution in [0, 0.1) is 5.82 Å². The van der Waals surface area contributed by atoms with Crippen molar-refractivity contribution in [2.24, 2.45) is 0 Å². The van der Waals surface area contributed by atoms with Gasteiger partial charge in [-0.15, -0.1) is 10.2 Å². The fraction of sp³-hybridized carbons (Fsp3) is 0.125. The van der Waals surface area contributed by atoms with Gasteiger partial charge in [-0.1, -0.05) is 33.3 Å². The average Bonchev–Trinajstić information content (AvgIpc) is 3.10. The van der Waals surface area contributed by atoms with E-state index in [0.29, 0.717) is 27.5 Å². The summed E-state index contributed by atoms with van der Waals surface area (Å²) in [5.41, 5.74) is 2.90. The Morgan fingerprint density at radius 2 is 2.20 bits per heavy atom. The molecular formula is C16H13BrFN5OS. The molecule has 1 amide bonds. The van der Waals surface area contributed by atoms with Crippen molar-refractivity contribution in [1.29, 1.82) is 0 Å². The van der Waals surface area contributed by atoms with Gasteiger partial charge >= 0.3 is 0 Å². The predicted molar refractivity (Wildman–Crippen MR) is 98.3 cm³/mol. The van der Waals surface area contributed by atoms with E-state index in [1.54, 1.807) is 23.7 Å². The molecule has 0 unspecified atom stereocenters. The Morgan fingerprint density at radius 3 is 2.84 bits per heavy atom. The lowest BCUT2D eigenvalue weighted by atomic mass is 10.2. The van der Waals surface area contributed by atoms with Crippen molar-refractivity contribution in [1.82, 2.24) is 15.2 Å². The van der Waals surface area contributed by atoms with Crippen LogP contribution < -0.4 is 10.2 Å². The van der Waals surface area contributed by atoms with Crippen molar-refractivity contribution in [2.45, 2.75) is 6.54 Å². The predicted octanol–water partition coefficient (Wildman–Crippen LogP) is 3.72. The summed E-state index contributed by atoms with van der Waals surface area (Å²) in [6.45, 7) is 0.546. The molecule has 3 aromatic rings. The normalized spacial score (nSPS) is 10.5. The molecule has 128 valence electrons. The van der Waals surface area contributed by atoms with Gasteiger partial charge in [-0.3, -0.25) is 10.1 Å². The summed E-state index contributed by atoms with van der Waals surface area (Å²) in [5, 5.41) is 10.5. The Balaban J connectivity index is 1.67. The number of aromatic nitrogens is 3. The summed E-state index contributed by atoms with van der Waals surface area (Å²) < 4.78 is 13.9. The number of hydrogen-bond acceptors (Lipinski definition) is 6. The number of nitrogens with zero attached hydrogens (tertiary/aromatic N) is 4. The molecule has 0 aliphatic heterocycles. The summed E-state index contributed by atoms with van der Waals surface area (Å²) in [7, 11) is 1.87. The summed E-state index contributed by atoms with van der Waals surface area (Å²) >= 11 is 4.60. The zero-order valence-electron chi connectivity index (χ0n) is 13.1. The van der Waals surface area contributed by atoms with Gasteiger partial charge in [0.1, 0.15) is 17.1 Å². The fourth-order valence-corrected chi connectivity index (χ4v) is 3.05. The van der Waals surface area contributed by atoms with Crippen molar-refractivity contribution in [3.8, 4) is 0 Å². The van der Waals surface area contributed by atoms with Gasteiger partial charge in [0.15, 0.2) is 0 Å². The van der Waals surface area contributed by atoms with Gasteiger partial charge in [-0.2, -0.15) is 0 Å². The Kier molecular flexibility index (Phi) is 5.34. The molecule has 1 aromatic carbocycles. The second-order valence-electron chi connectivity index (χ2n) is 5.19. The monoisotopic (exact) mass is 421 g/mol. The quantitative estimate of drug-likeness (QED) is 0.679. The Hall–Kier alpha value is -2.39. The van der Waals surface area contributed by atoms with Crippen LogP contribution in [0.5, 0.6) is 0 Å². The van der Waals surface area contributed by atoms with Crippen LogP contribution in [-0.4, -0.2) is 28.1 Å². The fourth-order valence-electron chi connectivity index (χ4n) is 2.13. The largest absolute Gasteiger partial charge is 0.355 e. The molecule has 0 radical (unpaired) electrons. The molecule has 0 aliphatic carbocycles. The van der Waals surface area contributed by atoms with E-state index in [2.05, 4.69) is 36.4 Å². The second kappa shape index (κ2) is 7.66. The molecule has 0 atom stereocenters. The van der Waals surface area contributed by atoms with E-state index in [1.165, 1.54) is 29.7 Å². The van der Waals surface area contributed by atoms with E-state index in [0.717, 1.165) is 5.56 Å². The minimum atomic E-state index is -0.292. The van der Waals surface area contributed by atoms with Crippen molar-refractivity contribution in [2.75, 3.05) is 17.3 Å². The molecule has 0 bridgehead atoms. The zero-order chi connectivity index (χ0) is 17.8. The van der Waals surface area contributed by atoms with Crippen LogP contribution in [0.3, 0.4) is 0 Å². The van der Waals surface area contributed by atoms with Gasteiger partial charge in [0, 0.05) is 24.3 Å². The van der Waals surface area contributed by atoms with Crippen LogP contribution in [0.15, 0.2) is 46.5 Å². The summed E-state index contributed by atoms with van der Waals surface area (Å²) in [4.78, 5) is 18.3. The third-order valence-corrected chi connectivity index (χ3v) is 4.75. The van der Waals surface area contributed by atoms with E-state index >= 15 is 0 Å². The lowest BCUT2D eigenvalue weighted by Crippen LogP contribution is -2.19. The molecular weight excluding hydrogens is 409 g/mol. The number of carbonyl (C=O) groups is 1. The van der Waals surface area contributed by atoms with Crippen LogP contribution in [0.4, 0.5) is 15.3 Å². The van der Waals surface area contributed by atoms with E-state index < -0.39 is 0 Å². The number of pyridine rings is 1. The topological polar surface area (TPSA) is 71.0 Å². The van der Waals surface area contributed by atoms with Crippen LogP contribution in [0.25, 0.3) is 0 Å². The maximum atomic E-state index is 13.2. The first-order valence-corrected chi connectivity index (χ1v) is 8.89. The first-order chi connectivity index (χ1) is 12.0. The van der Waals surface area contributed by atoms with Crippen molar-refractivity contribution in [3.63, 3.8) is 0 Å². The second-order valence-corrected chi connectivity index (χ2v) is 6.88. The van der Waals surface area contributed by atoms with E-state index in [4.69, 9.17) is 0 Å². The van der Waals surface area contributed by atoms with Gasteiger partial charge in [0.25, 0.3) is 5.91 Å². The van der Waals surface area contributed by atoms with E-state index in [-0.39, 0.29) is 11.7 Å². The Labute approximate surface area is 155 Å². The van der Waals surface area contributed by atoms with Crippen LogP contribution in [0.2, 0.25) is 0 Å². The van der Waals surface area contributed by atoms with Crippen LogP contribution >= 0.6 is 27.3 Å². The van der Waals surface area contributed by atoms with Crippen LogP contribution in [-0.2, 0) is 6.54 Å². The SMILES string of the molecule is CN(Cc1ccc(F)cc1Br)c1ccc(C(=O)Nc2nncs2)cn1. The number of nitrogens with one attached hydrogen (secondary N) is 1.